The van der Waals surface area contributed by atoms with E-state index in [1.807, 2.05) is 24.1 Å². The van der Waals surface area contributed by atoms with Crippen LogP contribution in [-0.2, 0) is 6.54 Å². The minimum Gasteiger partial charge on any atom is -0.318 e. The van der Waals surface area contributed by atoms with Gasteiger partial charge in [-0.1, -0.05) is 12.1 Å². The van der Waals surface area contributed by atoms with Crippen LogP contribution >= 0.6 is 0 Å². The van der Waals surface area contributed by atoms with Crippen LogP contribution < -0.4 is 5.32 Å². The number of rotatable bonds is 5. The van der Waals surface area contributed by atoms with Gasteiger partial charge in [0.2, 0.25) is 0 Å². The second kappa shape index (κ2) is 6.20. The lowest BCUT2D eigenvalue weighted by atomic mass is 10.1. The quantitative estimate of drug-likeness (QED) is 0.903. The molecule has 1 aliphatic heterocycles. The largest absolute Gasteiger partial charge is 0.318 e. The van der Waals surface area contributed by atoms with Crippen LogP contribution in [0.25, 0.3) is 5.69 Å². The average Bonchev–Trinajstić information content (AvgIpc) is 3.13. The van der Waals surface area contributed by atoms with Gasteiger partial charge in [-0.2, -0.15) is 0 Å². The van der Waals surface area contributed by atoms with Gasteiger partial charge in [-0.05, 0) is 44.1 Å². The molecule has 106 valence electrons. The molecule has 20 heavy (non-hydrogen) atoms. The van der Waals surface area contributed by atoms with Gasteiger partial charge >= 0.3 is 0 Å². The number of likely N-dealkylation sites (tertiary alicyclic amines) is 1. The molecule has 0 bridgehead atoms. The number of nitrogens with zero attached hydrogens (tertiary/aromatic N) is 3. The van der Waals surface area contributed by atoms with Gasteiger partial charge in [0.05, 0.1) is 6.33 Å². The summed E-state index contributed by atoms with van der Waals surface area (Å²) in [5.74, 6) is 0. The first-order valence-corrected chi connectivity index (χ1v) is 7.33. The SMILES string of the molecule is CNCC1CCCN1Cc1ccc(-n2ccnc2)cc1. The Labute approximate surface area is 120 Å². The zero-order chi connectivity index (χ0) is 13.8. The highest BCUT2D eigenvalue weighted by atomic mass is 15.2. The molecule has 1 unspecified atom stereocenters. The van der Waals surface area contributed by atoms with Crippen LogP contribution in [0.3, 0.4) is 0 Å². The summed E-state index contributed by atoms with van der Waals surface area (Å²) < 4.78 is 2.03. The van der Waals surface area contributed by atoms with Gasteiger partial charge in [0.15, 0.2) is 0 Å². The maximum absolute atomic E-state index is 4.08. The van der Waals surface area contributed by atoms with Crippen molar-refractivity contribution < 1.29 is 0 Å². The van der Waals surface area contributed by atoms with E-state index in [2.05, 4.69) is 39.5 Å². The molecule has 0 radical (unpaired) electrons. The second-order valence-corrected chi connectivity index (χ2v) is 5.46. The summed E-state index contributed by atoms with van der Waals surface area (Å²) in [4.78, 5) is 6.67. The highest BCUT2D eigenvalue weighted by Crippen LogP contribution is 2.20. The fourth-order valence-electron chi connectivity index (χ4n) is 2.99. The van der Waals surface area contributed by atoms with E-state index in [0.29, 0.717) is 6.04 Å². The van der Waals surface area contributed by atoms with Crippen LogP contribution in [-0.4, -0.2) is 40.6 Å². The fraction of sp³-hybridized carbons (Fsp3) is 0.438. The fourth-order valence-corrected chi connectivity index (χ4v) is 2.99. The van der Waals surface area contributed by atoms with E-state index in [1.54, 1.807) is 6.20 Å². The minimum atomic E-state index is 0.688. The molecular formula is C16H22N4. The van der Waals surface area contributed by atoms with E-state index in [-0.39, 0.29) is 0 Å². The molecule has 1 atom stereocenters. The Morgan fingerprint density at radius 2 is 2.15 bits per heavy atom. The molecule has 1 saturated heterocycles. The molecule has 0 spiro atoms. The summed E-state index contributed by atoms with van der Waals surface area (Å²) in [6.07, 6.45) is 8.24. The number of benzene rings is 1. The smallest absolute Gasteiger partial charge is 0.0991 e. The Bertz CT molecular complexity index is 518. The first-order chi connectivity index (χ1) is 9.86. The summed E-state index contributed by atoms with van der Waals surface area (Å²) in [5, 5.41) is 3.30. The molecule has 1 N–H and O–H groups in total. The van der Waals surface area contributed by atoms with Crippen molar-refractivity contribution in [2.75, 3.05) is 20.1 Å². The second-order valence-electron chi connectivity index (χ2n) is 5.46. The Hall–Kier alpha value is -1.65. The third-order valence-corrected chi connectivity index (χ3v) is 4.06. The number of nitrogens with one attached hydrogen (secondary N) is 1. The highest BCUT2D eigenvalue weighted by Gasteiger charge is 2.23. The molecule has 2 heterocycles. The predicted octanol–water partition coefficient (Wildman–Crippen LogP) is 2.06. The Morgan fingerprint density at radius 1 is 1.30 bits per heavy atom. The Kier molecular flexibility index (Phi) is 4.14. The first-order valence-electron chi connectivity index (χ1n) is 7.33. The molecule has 0 saturated carbocycles. The van der Waals surface area contributed by atoms with E-state index < -0.39 is 0 Å². The number of aromatic nitrogens is 2. The van der Waals surface area contributed by atoms with Crippen molar-refractivity contribution in [1.29, 1.82) is 0 Å². The molecular weight excluding hydrogens is 248 g/mol. The van der Waals surface area contributed by atoms with Crippen molar-refractivity contribution in [2.24, 2.45) is 0 Å². The van der Waals surface area contributed by atoms with Crippen molar-refractivity contribution in [2.45, 2.75) is 25.4 Å². The molecule has 1 aromatic carbocycles. The minimum absolute atomic E-state index is 0.688. The van der Waals surface area contributed by atoms with Crippen LogP contribution in [0.4, 0.5) is 0 Å². The molecule has 4 heteroatoms. The third-order valence-electron chi connectivity index (χ3n) is 4.06. The standard InChI is InChI=1S/C16H22N4/c1-17-11-16-3-2-9-19(16)12-14-4-6-15(7-5-14)20-10-8-18-13-20/h4-8,10,13,16-17H,2-3,9,11-12H2,1H3. The van der Waals surface area contributed by atoms with Crippen LogP contribution in [0.1, 0.15) is 18.4 Å². The summed E-state index contributed by atoms with van der Waals surface area (Å²) in [7, 11) is 2.04. The summed E-state index contributed by atoms with van der Waals surface area (Å²) in [6.45, 7) is 3.36. The van der Waals surface area contributed by atoms with E-state index in [4.69, 9.17) is 0 Å². The molecule has 1 aliphatic rings. The van der Waals surface area contributed by atoms with Gasteiger partial charge in [0.25, 0.3) is 0 Å². The summed E-state index contributed by atoms with van der Waals surface area (Å²) in [5.41, 5.74) is 2.55. The molecule has 4 nitrogen and oxygen atoms in total. The molecule has 1 aromatic heterocycles. The van der Waals surface area contributed by atoms with Crippen molar-refractivity contribution >= 4 is 0 Å². The zero-order valence-electron chi connectivity index (χ0n) is 12.0. The lowest BCUT2D eigenvalue weighted by molar-refractivity contribution is 0.242. The topological polar surface area (TPSA) is 33.1 Å². The van der Waals surface area contributed by atoms with Gasteiger partial charge in [-0.25, -0.2) is 4.98 Å². The van der Waals surface area contributed by atoms with Gasteiger partial charge in [0.1, 0.15) is 0 Å². The molecule has 2 aromatic rings. The maximum atomic E-state index is 4.08. The molecule has 3 rings (SSSR count). The lowest BCUT2D eigenvalue weighted by Gasteiger charge is -2.24. The molecule has 0 aliphatic carbocycles. The summed E-state index contributed by atoms with van der Waals surface area (Å²) >= 11 is 0. The van der Waals surface area contributed by atoms with Gasteiger partial charge in [-0.15, -0.1) is 0 Å². The number of imidazole rings is 1. The van der Waals surface area contributed by atoms with Crippen LogP contribution in [0.5, 0.6) is 0 Å². The monoisotopic (exact) mass is 270 g/mol. The van der Waals surface area contributed by atoms with Crippen molar-refractivity contribution in [3.05, 3.63) is 48.5 Å². The van der Waals surface area contributed by atoms with Crippen LogP contribution in [0.15, 0.2) is 43.0 Å². The van der Waals surface area contributed by atoms with Crippen molar-refractivity contribution in [1.82, 2.24) is 19.8 Å². The van der Waals surface area contributed by atoms with Crippen LogP contribution in [0, 0.1) is 0 Å². The van der Waals surface area contributed by atoms with Crippen molar-refractivity contribution in [3.63, 3.8) is 0 Å². The predicted molar refractivity (Wildman–Crippen MR) is 80.9 cm³/mol. The van der Waals surface area contributed by atoms with Gasteiger partial charge in [0, 0.05) is 37.2 Å². The van der Waals surface area contributed by atoms with E-state index in [0.717, 1.165) is 13.1 Å². The lowest BCUT2D eigenvalue weighted by Crippen LogP contribution is -2.36. The average molecular weight is 270 g/mol. The Morgan fingerprint density at radius 3 is 2.85 bits per heavy atom. The van der Waals surface area contributed by atoms with E-state index >= 15 is 0 Å². The highest BCUT2D eigenvalue weighted by molar-refractivity contribution is 5.34. The van der Waals surface area contributed by atoms with Gasteiger partial charge < -0.3 is 9.88 Å². The Balaban J connectivity index is 1.66. The van der Waals surface area contributed by atoms with Crippen molar-refractivity contribution in [3.8, 4) is 5.69 Å². The maximum Gasteiger partial charge on any atom is 0.0991 e. The molecule has 0 amide bonds. The normalized spacial score (nSPS) is 19.6. The number of hydrogen-bond acceptors (Lipinski definition) is 3. The van der Waals surface area contributed by atoms with E-state index in [9.17, 15) is 0 Å². The third kappa shape index (κ3) is 2.92. The van der Waals surface area contributed by atoms with E-state index in [1.165, 1.54) is 30.6 Å². The van der Waals surface area contributed by atoms with Crippen LogP contribution in [0.2, 0.25) is 0 Å². The summed E-state index contributed by atoms with van der Waals surface area (Å²) in [6, 6.07) is 9.47. The number of likely N-dealkylation sites (N-methyl/N-ethyl adjacent to an activating group) is 1. The first kappa shape index (κ1) is 13.3. The zero-order valence-corrected chi connectivity index (χ0v) is 12.0. The number of hydrogen-bond donors (Lipinski definition) is 1. The molecule has 1 fully saturated rings. The van der Waals surface area contributed by atoms with Gasteiger partial charge in [-0.3, -0.25) is 4.90 Å².